The minimum Gasteiger partial charge on any atom is -0.393 e. The number of cyclic esters (lactones) is 2. The minimum atomic E-state index is -0.405. The van der Waals surface area contributed by atoms with Crippen LogP contribution in [0.2, 0.25) is 0 Å². The SMILES string of the molecule is C.C.C.CC1C(=O)OC(=O)C1C(C)c1ccccc1.CCN.CCN1C(=O)C(C)C(C(C)c2ccccc2)C1=O. The van der Waals surface area contributed by atoms with Crippen molar-refractivity contribution in [2.45, 2.75) is 75.7 Å². The molecule has 2 aliphatic heterocycles. The molecular weight excluding hydrogens is 504 g/mol. The number of hydrogen-bond donors (Lipinski definition) is 1. The predicted octanol–water partition coefficient (Wildman–Crippen LogP) is 6.43. The van der Waals surface area contributed by atoms with E-state index in [0.29, 0.717) is 6.54 Å². The molecule has 2 aromatic rings. The largest absolute Gasteiger partial charge is 0.393 e. The fourth-order valence-corrected chi connectivity index (χ4v) is 5.04. The van der Waals surface area contributed by atoms with Crippen molar-refractivity contribution in [1.29, 1.82) is 0 Å². The van der Waals surface area contributed by atoms with Gasteiger partial charge in [-0.2, -0.15) is 0 Å². The Bertz CT molecular complexity index is 1060. The average Bonchev–Trinajstić information content (AvgIpc) is 3.28. The Hall–Kier alpha value is -3.32. The molecule has 224 valence electrons. The van der Waals surface area contributed by atoms with Gasteiger partial charge in [-0.25, -0.2) is 0 Å². The minimum absolute atomic E-state index is 0. The van der Waals surface area contributed by atoms with E-state index >= 15 is 0 Å². The van der Waals surface area contributed by atoms with Gasteiger partial charge in [-0.1, -0.05) is 118 Å². The highest BCUT2D eigenvalue weighted by molar-refractivity contribution is 6.05. The predicted molar refractivity (Wildman–Crippen MR) is 163 cm³/mol. The van der Waals surface area contributed by atoms with Gasteiger partial charge in [0.25, 0.3) is 0 Å². The van der Waals surface area contributed by atoms with Crippen molar-refractivity contribution in [3.8, 4) is 0 Å². The second-order valence-corrected chi connectivity index (χ2v) is 9.60. The molecule has 0 aliphatic carbocycles. The van der Waals surface area contributed by atoms with E-state index < -0.39 is 11.9 Å². The van der Waals surface area contributed by atoms with Crippen LogP contribution >= 0.6 is 0 Å². The van der Waals surface area contributed by atoms with Crippen LogP contribution in [0.5, 0.6) is 0 Å². The van der Waals surface area contributed by atoms with Gasteiger partial charge in [0.2, 0.25) is 11.8 Å². The molecule has 7 nitrogen and oxygen atoms in total. The first-order valence-electron chi connectivity index (χ1n) is 13.0. The van der Waals surface area contributed by atoms with Crippen molar-refractivity contribution >= 4 is 23.8 Å². The highest BCUT2D eigenvalue weighted by Gasteiger charge is 2.47. The van der Waals surface area contributed by atoms with Gasteiger partial charge in [-0.15, -0.1) is 0 Å². The highest BCUT2D eigenvalue weighted by Crippen LogP contribution is 2.37. The molecule has 2 fully saturated rings. The van der Waals surface area contributed by atoms with Crippen LogP contribution < -0.4 is 5.73 Å². The third kappa shape index (κ3) is 8.85. The molecular formula is C33H52N2O5. The van der Waals surface area contributed by atoms with Crippen LogP contribution in [-0.2, 0) is 23.9 Å². The molecule has 0 bridgehead atoms. The molecule has 2 amide bonds. The van der Waals surface area contributed by atoms with E-state index in [2.05, 4.69) is 4.74 Å². The van der Waals surface area contributed by atoms with Crippen molar-refractivity contribution in [3.05, 3.63) is 71.8 Å². The number of hydrogen-bond acceptors (Lipinski definition) is 6. The summed E-state index contributed by atoms with van der Waals surface area (Å²) in [7, 11) is 0. The molecule has 7 heteroatoms. The van der Waals surface area contributed by atoms with Gasteiger partial charge in [0.15, 0.2) is 0 Å². The first-order chi connectivity index (χ1) is 17.6. The van der Waals surface area contributed by atoms with Gasteiger partial charge < -0.3 is 10.5 Å². The number of nitrogens with zero attached hydrogens (tertiary/aromatic N) is 1. The van der Waals surface area contributed by atoms with Gasteiger partial charge in [0.1, 0.15) is 0 Å². The summed E-state index contributed by atoms with van der Waals surface area (Å²) in [6, 6.07) is 19.6. The molecule has 4 rings (SSSR count). The summed E-state index contributed by atoms with van der Waals surface area (Å²) >= 11 is 0. The van der Waals surface area contributed by atoms with Crippen molar-refractivity contribution in [2.75, 3.05) is 13.1 Å². The van der Waals surface area contributed by atoms with E-state index in [4.69, 9.17) is 5.73 Å². The van der Waals surface area contributed by atoms with Crippen LogP contribution in [0.25, 0.3) is 0 Å². The summed E-state index contributed by atoms with van der Waals surface area (Å²) < 4.78 is 4.65. The zero-order valence-corrected chi connectivity index (χ0v) is 22.7. The number of esters is 2. The van der Waals surface area contributed by atoms with Crippen molar-refractivity contribution in [2.24, 2.45) is 29.4 Å². The number of amides is 2. The molecule has 6 unspecified atom stereocenters. The lowest BCUT2D eigenvalue weighted by Crippen LogP contribution is -2.31. The topological polar surface area (TPSA) is 107 Å². The summed E-state index contributed by atoms with van der Waals surface area (Å²) in [5.74, 6) is -1.90. The van der Waals surface area contributed by atoms with Gasteiger partial charge >= 0.3 is 11.9 Å². The molecule has 0 aromatic heterocycles. The number of carbonyl (C=O) groups is 4. The fraction of sp³-hybridized carbons (Fsp3) is 0.515. The molecule has 2 heterocycles. The zero-order chi connectivity index (χ0) is 27.7. The van der Waals surface area contributed by atoms with E-state index in [-0.39, 0.29) is 69.6 Å². The van der Waals surface area contributed by atoms with E-state index in [9.17, 15) is 19.2 Å². The third-order valence-electron chi connectivity index (χ3n) is 7.17. The highest BCUT2D eigenvalue weighted by atomic mass is 16.6. The standard InChI is InChI=1S/C15H19NO2.C13H14O3.C2H7N.3CH4/c1-4-16-14(17)11(3)13(15(16)18)10(2)12-8-6-5-7-9-12;1-8(10-6-4-3-5-7-10)11-9(2)12(14)16-13(11)15;1-2-3;;;/h5-11,13H,4H2,1-3H3;3-9,11H,1-2H3;2-3H2,1H3;3*1H4. The first kappa shape index (κ1) is 38.8. The van der Waals surface area contributed by atoms with Crippen LogP contribution in [-0.4, -0.2) is 41.7 Å². The van der Waals surface area contributed by atoms with E-state index in [1.807, 2.05) is 95.3 Å². The van der Waals surface area contributed by atoms with E-state index in [1.54, 1.807) is 6.92 Å². The number of carbonyl (C=O) groups excluding carboxylic acids is 4. The number of likely N-dealkylation sites (tertiary alicyclic amines) is 1. The molecule has 2 saturated heterocycles. The lowest BCUT2D eigenvalue weighted by Gasteiger charge is -2.20. The summed E-state index contributed by atoms with van der Waals surface area (Å²) in [4.78, 5) is 48.5. The van der Waals surface area contributed by atoms with Gasteiger partial charge in [-0.05, 0) is 36.4 Å². The van der Waals surface area contributed by atoms with Crippen molar-refractivity contribution < 1.29 is 23.9 Å². The van der Waals surface area contributed by atoms with Gasteiger partial charge in [0.05, 0.1) is 17.8 Å². The zero-order valence-electron chi connectivity index (χ0n) is 22.7. The quantitative estimate of drug-likeness (QED) is 0.258. The Balaban J connectivity index is 0. The lowest BCUT2D eigenvalue weighted by molar-refractivity contribution is -0.154. The molecule has 2 N–H and O–H groups in total. The second kappa shape index (κ2) is 18.1. The van der Waals surface area contributed by atoms with E-state index in [1.165, 1.54) is 4.90 Å². The molecule has 0 radical (unpaired) electrons. The monoisotopic (exact) mass is 556 g/mol. The fourth-order valence-electron chi connectivity index (χ4n) is 5.04. The molecule has 0 saturated carbocycles. The lowest BCUT2D eigenvalue weighted by atomic mass is 9.81. The maximum Gasteiger partial charge on any atom is 0.318 e. The second-order valence-electron chi connectivity index (χ2n) is 9.60. The van der Waals surface area contributed by atoms with Crippen molar-refractivity contribution in [3.63, 3.8) is 0 Å². The Morgan fingerprint density at radius 2 is 1.10 bits per heavy atom. The Kier molecular flexibility index (Phi) is 17.6. The Morgan fingerprint density at radius 3 is 1.43 bits per heavy atom. The Morgan fingerprint density at radius 1 is 0.700 bits per heavy atom. The summed E-state index contributed by atoms with van der Waals surface area (Å²) in [5.41, 5.74) is 7.03. The summed E-state index contributed by atoms with van der Waals surface area (Å²) in [6.45, 7) is 12.6. The number of ether oxygens (including phenoxy) is 1. The number of imide groups is 1. The first-order valence-corrected chi connectivity index (χ1v) is 13.0. The molecule has 40 heavy (non-hydrogen) atoms. The molecule has 2 aliphatic rings. The molecule has 6 atom stereocenters. The molecule has 0 spiro atoms. The van der Waals surface area contributed by atoms with Crippen molar-refractivity contribution in [1.82, 2.24) is 4.90 Å². The van der Waals surface area contributed by atoms with Crippen LogP contribution in [0.3, 0.4) is 0 Å². The number of rotatable bonds is 5. The van der Waals surface area contributed by atoms with Crippen LogP contribution in [0.1, 0.15) is 86.8 Å². The number of benzene rings is 2. The van der Waals surface area contributed by atoms with Crippen LogP contribution in [0.15, 0.2) is 60.7 Å². The van der Waals surface area contributed by atoms with Gasteiger partial charge in [-0.3, -0.25) is 24.1 Å². The smallest absolute Gasteiger partial charge is 0.318 e. The third-order valence-corrected chi connectivity index (χ3v) is 7.17. The average molecular weight is 557 g/mol. The maximum atomic E-state index is 12.3. The van der Waals surface area contributed by atoms with Crippen LogP contribution in [0.4, 0.5) is 0 Å². The van der Waals surface area contributed by atoms with Crippen LogP contribution in [0, 0.1) is 23.7 Å². The number of nitrogens with two attached hydrogens (primary N) is 1. The normalized spacial score (nSPS) is 22.6. The van der Waals surface area contributed by atoms with E-state index in [0.717, 1.165) is 17.7 Å². The Labute approximate surface area is 242 Å². The molecule has 2 aromatic carbocycles. The van der Waals surface area contributed by atoms with Gasteiger partial charge in [0, 0.05) is 12.5 Å². The summed E-state index contributed by atoms with van der Waals surface area (Å²) in [6.07, 6.45) is 0. The summed E-state index contributed by atoms with van der Waals surface area (Å²) in [5, 5.41) is 0. The maximum absolute atomic E-state index is 12.3.